The van der Waals surface area contributed by atoms with E-state index >= 15 is 0 Å². The lowest BCUT2D eigenvalue weighted by Crippen LogP contribution is -2.29. The summed E-state index contributed by atoms with van der Waals surface area (Å²) in [6, 6.07) is 15.3. The Morgan fingerprint density at radius 1 is 1.22 bits per heavy atom. The highest BCUT2D eigenvalue weighted by molar-refractivity contribution is 7.92. The van der Waals surface area contributed by atoms with Gasteiger partial charge in [-0.25, -0.2) is 13.2 Å². The molecule has 2 aromatic rings. The van der Waals surface area contributed by atoms with Crippen molar-refractivity contribution in [3.8, 4) is 6.07 Å². The number of nitrogens with one attached hydrogen (secondary N) is 1. The number of carbonyl (C=O) groups excluding carboxylic acids is 1. The molecule has 0 atom stereocenters. The zero-order chi connectivity index (χ0) is 19.4. The van der Waals surface area contributed by atoms with Crippen molar-refractivity contribution in [2.45, 2.75) is 11.3 Å². The fraction of sp³-hybridized carbons (Fsp3) is 0.158. The highest BCUT2D eigenvalue weighted by Gasteiger charge is 2.30. The van der Waals surface area contributed by atoms with E-state index in [-0.39, 0.29) is 10.5 Å². The first kappa shape index (κ1) is 18.5. The summed E-state index contributed by atoms with van der Waals surface area (Å²) < 4.78 is 31.8. The highest BCUT2D eigenvalue weighted by atomic mass is 32.2. The Kier molecular flexibility index (Phi) is 5.14. The number of benzene rings is 2. The van der Waals surface area contributed by atoms with Crippen molar-refractivity contribution in [3.63, 3.8) is 0 Å². The molecule has 0 fully saturated rings. The van der Waals surface area contributed by atoms with Gasteiger partial charge in [0, 0.05) is 18.4 Å². The lowest BCUT2D eigenvalue weighted by molar-refractivity contribution is -0.135. The van der Waals surface area contributed by atoms with Crippen LogP contribution in [-0.4, -0.2) is 28.0 Å². The molecule has 0 aromatic heterocycles. The van der Waals surface area contributed by atoms with Crippen LogP contribution in [0, 0.1) is 11.3 Å². The van der Waals surface area contributed by atoms with Crippen molar-refractivity contribution < 1.29 is 17.9 Å². The van der Waals surface area contributed by atoms with Crippen LogP contribution in [0.2, 0.25) is 0 Å². The summed E-state index contributed by atoms with van der Waals surface area (Å²) in [6.07, 6.45) is 1.90. The first-order chi connectivity index (χ1) is 13.0. The molecule has 1 aliphatic heterocycles. The number of ether oxygens (including phenoxy) is 1. The van der Waals surface area contributed by atoms with Gasteiger partial charge in [-0.15, -0.1) is 0 Å². The SMILES string of the molecule is COC(=O)/C(C#N)=C/Nc1ccc(S(=O)(=O)N2CCc3ccccc32)cc1. The number of rotatable bonds is 5. The van der Waals surface area contributed by atoms with E-state index in [1.165, 1.54) is 29.7 Å². The van der Waals surface area contributed by atoms with Crippen molar-refractivity contribution in [3.05, 3.63) is 65.9 Å². The Morgan fingerprint density at radius 2 is 1.93 bits per heavy atom. The second-order valence-electron chi connectivity index (χ2n) is 5.79. The summed E-state index contributed by atoms with van der Waals surface area (Å²) in [5, 5.41) is 11.7. The van der Waals surface area contributed by atoms with Gasteiger partial charge in [0.05, 0.1) is 17.7 Å². The molecule has 0 spiro atoms. The standard InChI is InChI=1S/C19H17N3O4S/c1-26-19(23)15(12-20)13-21-16-6-8-17(9-7-16)27(24,25)22-11-10-14-4-2-3-5-18(14)22/h2-9,13,21H,10-11H2,1H3/b15-13+. The third kappa shape index (κ3) is 3.64. The van der Waals surface area contributed by atoms with E-state index in [4.69, 9.17) is 5.26 Å². The lowest BCUT2D eigenvalue weighted by Gasteiger charge is -2.19. The quantitative estimate of drug-likeness (QED) is 0.484. The minimum atomic E-state index is -3.66. The summed E-state index contributed by atoms with van der Waals surface area (Å²) in [5.74, 6) is -0.753. The molecule has 0 radical (unpaired) electrons. The number of esters is 1. The molecular weight excluding hydrogens is 366 g/mol. The summed E-state index contributed by atoms with van der Waals surface area (Å²) in [6.45, 7) is 0.412. The van der Waals surface area contributed by atoms with Crippen LogP contribution in [-0.2, 0) is 26.0 Å². The molecule has 27 heavy (non-hydrogen) atoms. The molecular formula is C19H17N3O4S. The predicted molar refractivity (Wildman–Crippen MR) is 100 cm³/mol. The van der Waals surface area contributed by atoms with E-state index in [0.717, 1.165) is 5.56 Å². The van der Waals surface area contributed by atoms with Gasteiger partial charge in [-0.3, -0.25) is 4.31 Å². The second kappa shape index (κ2) is 7.51. The van der Waals surface area contributed by atoms with E-state index in [9.17, 15) is 13.2 Å². The van der Waals surface area contributed by atoms with Gasteiger partial charge in [0.2, 0.25) is 0 Å². The van der Waals surface area contributed by atoms with Crippen molar-refractivity contribution in [1.82, 2.24) is 0 Å². The molecule has 0 aliphatic carbocycles. The Labute approximate surface area is 157 Å². The number of hydrogen-bond acceptors (Lipinski definition) is 6. The number of carbonyl (C=O) groups is 1. The lowest BCUT2D eigenvalue weighted by atomic mass is 10.2. The maximum absolute atomic E-state index is 12.9. The van der Waals surface area contributed by atoms with Gasteiger partial charge in [0.15, 0.2) is 5.57 Å². The minimum Gasteiger partial charge on any atom is -0.465 e. The van der Waals surface area contributed by atoms with Gasteiger partial charge >= 0.3 is 5.97 Å². The molecule has 0 amide bonds. The number of nitrogens with zero attached hydrogens (tertiary/aromatic N) is 2. The molecule has 1 heterocycles. The fourth-order valence-electron chi connectivity index (χ4n) is 2.81. The third-order valence-electron chi connectivity index (χ3n) is 4.20. The zero-order valence-electron chi connectivity index (χ0n) is 14.5. The number of methoxy groups -OCH3 is 1. The maximum atomic E-state index is 12.9. The highest BCUT2D eigenvalue weighted by Crippen LogP contribution is 2.32. The van der Waals surface area contributed by atoms with Gasteiger partial charge in [-0.05, 0) is 42.3 Å². The number of para-hydroxylation sites is 1. The molecule has 2 aromatic carbocycles. The molecule has 1 aliphatic rings. The van der Waals surface area contributed by atoms with Crippen LogP contribution in [0.3, 0.4) is 0 Å². The maximum Gasteiger partial charge on any atom is 0.350 e. The molecule has 1 N–H and O–H groups in total. The van der Waals surface area contributed by atoms with Crippen LogP contribution in [0.5, 0.6) is 0 Å². The van der Waals surface area contributed by atoms with Crippen LogP contribution < -0.4 is 9.62 Å². The average Bonchev–Trinajstić information content (AvgIpc) is 3.13. The normalized spacial score (nSPS) is 13.6. The Morgan fingerprint density at radius 3 is 2.59 bits per heavy atom. The van der Waals surface area contributed by atoms with Gasteiger partial charge in [-0.2, -0.15) is 5.26 Å². The first-order valence-electron chi connectivity index (χ1n) is 8.13. The zero-order valence-corrected chi connectivity index (χ0v) is 15.4. The average molecular weight is 383 g/mol. The molecule has 7 nitrogen and oxygen atoms in total. The summed E-state index contributed by atoms with van der Waals surface area (Å²) in [5.41, 5.74) is 2.06. The smallest absolute Gasteiger partial charge is 0.350 e. The molecule has 0 saturated heterocycles. The van der Waals surface area contributed by atoms with Crippen molar-refractivity contribution in [1.29, 1.82) is 5.26 Å². The fourth-order valence-corrected chi connectivity index (χ4v) is 4.31. The first-order valence-corrected chi connectivity index (χ1v) is 9.57. The second-order valence-corrected chi connectivity index (χ2v) is 7.65. The topological polar surface area (TPSA) is 99.5 Å². The molecule has 138 valence electrons. The third-order valence-corrected chi connectivity index (χ3v) is 6.02. The van der Waals surface area contributed by atoms with E-state index in [0.29, 0.717) is 24.3 Å². The largest absolute Gasteiger partial charge is 0.465 e. The van der Waals surface area contributed by atoms with Crippen molar-refractivity contribution in [2.24, 2.45) is 0 Å². The summed E-state index contributed by atoms with van der Waals surface area (Å²) >= 11 is 0. The number of fused-ring (bicyclic) bond motifs is 1. The van der Waals surface area contributed by atoms with Crippen LogP contribution >= 0.6 is 0 Å². The molecule has 0 unspecified atom stereocenters. The van der Waals surface area contributed by atoms with Gasteiger partial charge in [-0.1, -0.05) is 18.2 Å². The van der Waals surface area contributed by atoms with Crippen LogP contribution in [0.25, 0.3) is 0 Å². The van der Waals surface area contributed by atoms with Crippen LogP contribution in [0.1, 0.15) is 5.56 Å². The Bertz CT molecular complexity index is 1040. The molecule has 0 saturated carbocycles. The monoisotopic (exact) mass is 383 g/mol. The van der Waals surface area contributed by atoms with Gasteiger partial charge in [0.25, 0.3) is 10.0 Å². The number of nitriles is 1. The Balaban J connectivity index is 1.81. The van der Waals surface area contributed by atoms with E-state index < -0.39 is 16.0 Å². The van der Waals surface area contributed by atoms with E-state index in [1.54, 1.807) is 24.3 Å². The van der Waals surface area contributed by atoms with Crippen molar-refractivity contribution in [2.75, 3.05) is 23.3 Å². The molecule has 0 bridgehead atoms. The van der Waals surface area contributed by atoms with E-state index in [2.05, 4.69) is 10.1 Å². The summed E-state index contributed by atoms with van der Waals surface area (Å²) in [4.78, 5) is 11.5. The minimum absolute atomic E-state index is 0.169. The Hall–Kier alpha value is -3.31. The van der Waals surface area contributed by atoms with Crippen LogP contribution in [0.4, 0.5) is 11.4 Å². The number of hydrogen-bond donors (Lipinski definition) is 1. The predicted octanol–water partition coefficient (Wildman–Crippen LogP) is 2.43. The van der Waals surface area contributed by atoms with E-state index in [1.807, 2.05) is 18.2 Å². The van der Waals surface area contributed by atoms with Crippen LogP contribution in [0.15, 0.2) is 65.2 Å². The van der Waals surface area contributed by atoms with Crippen molar-refractivity contribution >= 4 is 27.4 Å². The van der Waals surface area contributed by atoms with Gasteiger partial charge < -0.3 is 10.1 Å². The number of sulfonamides is 1. The molecule has 8 heteroatoms. The number of anilines is 2. The summed E-state index contributed by atoms with van der Waals surface area (Å²) in [7, 11) is -2.47. The molecule has 3 rings (SSSR count). The van der Waals surface area contributed by atoms with Gasteiger partial charge in [0.1, 0.15) is 6.07 Å².